The van der Waals surface area contributed by atoms with E-state index in [0.717, 1.165) is 6.07 Å². The van der Waals surface area contributed by atoms with Crippen LogP contribution in [0.3, 0.4) is 0 Å². The Bertz CT molecular complexity index is 605. The number of hydrogen-bond acceptors (Lipinski definition) is 8. The van der Waals surface area contributed by atoms with Crippen LogP contribution < -0.4 is 10.7 Å². The highest BCUT2D eigenvalue weighted by Gasteiger charge is 2.17. The third-order valence-corrected chi connectivity index (χ3v) is 3.65. The van der Waals surface area contributed by atoms with Gasteiger partial charge in [-0.05, 0) is 0 Å². The molecular weight excluding hydrogens is 360 g/mol. The van der Waals surface area contributed by atoms with Gasteiger partial charge in [0.1, 0.15) is 0 Å². The van der Waals surface area contributed by atoms with E-state index < -0.39 is 23.2 Å². The monoisotopic (exact) mass is 386 g/mol. The summed E-state index contributed by atoms with van der Waals surface area (Å²) in [6, 6.07) is 1.13. The average Bonchev–Trinajstić information content (AvgIpc) is 2.68. The molecule has 3 N–H and O–H groups in total. The molecule has 10 heteroatoms. The van der Waals surface area contributed by atoms with Crippen LogP contribution in [-0.4, -0.2) is 88.1 Å². The summed E-state index contributed by atoms with van der Waals surface area (Å²) >= 11 is 0. The molecule has 1 amide bonds. The van der Waals surface area contributed by atoms with Gasteiger partial charge in [-0.2, -0.15) is 0 Å². The second-order valence-corrected chi connectivity index (χ2v) is 5.68. The SMILES string of the molecule is O=C(NCC1COCCOCCOCCOCCO1)c1[nH]ccc(=O)c1O. The first-order valence-corrected chi connectivity index (χ1v) is 8.80. The second-order valence-electron chi connectivity index (χ2n) is 5.68. The number of H-pyrrole nitrogens is 1. The lowest BCUT2D eigenvalue weighted by Crippen LogP contribution is -2.38. The number of carbonyl (C=O) groups is 1. The fourth-order valence-electron chi connectivity index (χ4n) is 2.25. The summed E-state index contributed by atoms with van der Waals surface area (Å²) in [6.07, 6.45) is 0.873. The summed E-state index contributed by atoms with van der Waals surface area (Å²) in [7, 11) is 0. The van der Waals surface area contributed by atoms with E-state index in [4.69, 9.17) is 23.7 Å². The van der Waals surface area contributed by atoms with Crippen LogP contribution in [-0.2, 0) is 23.7 Å². The maximum absolute atomic E-state index is 12.2. The number of aromatic nitrogens is 1. The van der Waals surface area contributed by atoms with Crippen molar-refractivity contribution in [3.05, 3.63) is 28.2 Å². The molecular formula is C17H26N2O8. The van der Waals surface area contributed by atoms with Gasteiger partial charge in [-0.1, -0.05) is 0 Å². The van der Waals surface area contributed by atoms with E-state index in [0.29, 0.717) is 52.9 Å². The maximum Gasteiger partial charge on any atom is 0.271 e. The highest BCUT2D eigenvalue weighted by molar-refractivity contribution is 5.94. The van der Waals surface area contributed by atoms with E-state index >= 15 is 0 Å². The van der Waals surface area contributed by atoms with Crippen LogP contribution >= 0.6 is 0 Å². The van der Waals surface area contributed by atoms with Crippen LogP contribution in [0.1, 0.15) is 10.5 Å². The van der Waals surface area contributed by atoms with Gasteiger partial charge in [0.05, 0.1) is 65.6 Å². The average molecular weight is 386 g/mol. The summed E-state index contributed by atoms with van der Waals surface area (Å²) in [6.45, 7) is 3.85. The Morgan fingerprint density at radius 1 is 1.04 bits per heavy atom. The fraction of sp³-hybridized carbons (Fsp3) is 0.647. The molecule has 1 aromatic heterocycles. The Kier molecular flexibility index (Phi) is 9.80. The van der Waals surface area contributed by atoms with Crippen molar-refractivity contribution in [3.8, 4) is 5.75 Å². The van der Waals surface area contributed by atoms with Crippen molar-refractivity contribution >= 4 is 5.91 Å². The molecule has 0 radical (unpaired) electrons. The number of aromatic amines is 1. The van der Waals surface area contributed by atoms with Crippen LogP contribution in [0, 0.1) is 0 Å². The Labute approximate surface area is 156 Å². The van der Waals surface area contributed by atoms with Crippen LogP contribution in [0.5, 0.6) is 5.75 Å². The summed E-state index contributed by atoms with van der Waals surface area (Å²) < 4.78 is 27.3. The van der Waals surface area contributed by atoms with Crippen LogP contribution in [0.25, 0.3) is 0 Å². The standard InChI is InChI=1S/C17H26N2O8/c20-14-1-2-18-15(16(14)21)17(22)19-11-13-12-26-8-7-24-4-3-23-5-6-25-9-10-27-13/h1-2,13,21H,3-12H2,(H,18,20)(H,19,22). The minimum absolute atomic E-state index is 0.138. The van der Waals surface area contributed by atoms with Gasteiger partial charge in [0.25, 0.3) is 5.91 Å². The third kappa shape index (κ3) is 8.06. The van der Waals surface area contributed by atoms with Crippen LogP contribution in [0.15, 0.2) is 17.1 Å². The predicted molar refractivity (Wildman–Crippen MR) is 94.1 cm³/mol. The molecule has 2 heterocycles. The highest BCUT2D eigenvalue weighted by Crippen LogP contribution is 2.06. The first kappa shape index (κ1) is 21.3. The van der Waals surface area contributed by atoms with E-state index in [1.807, 2.05) is 0 Å². The lowest BCUT2D eigenvalue weighted by molar-refractivity contribution is -0.0438. The number of carbonyl (C=O) groups excluding carboxylic acids is 1. The van der Waals surface area contributed by atoms with E-state index in [2.05, 4.69) is 10.3 Å². The molecule has 1 fully saturated rings. The van der Waals surface area contributed by atoms with Crippen molar-refractivity contribution in [2.24, 2.45) is 0 Å². The Balaban J connectivity index is 1.83. The zero-order valence-corrected chi connectivity index (χ0v) is 15.1. The molecule has 27 heavy (non-hydrogen) atoms. The molecule has 1 saturated heterocycles. The zero-order valence-electron chi connectivity index (χ0n) is 15.1. The molecule has 1 aliphatic heterocycles. The van der Waals surface area contributed by atoms with E-state index in [-0.39, 0.29) is 18.8 Å². The van der Waals surface area contributed by atoms with E-state index in [9.17, 15) is 14.7 Å². The molecule has 152 valence electrons. The largest absolute Gasteiger partial charge is 0.503 e. The van der Waals surface area contributed by atoms with E-state index in [1.165, 1.54) is 6.20 Å². The van der Waals surface area contributed by atoms with Crippen molar-refractivity contribution in [3.63, 3.8) is 0 Å². The Morgan fingerprint density at radius 2 is 1.63 bits per heavy atom. The molecule has 10 nitrogen and oxygen atoms in total. The first-order chi connectivity index (χ1) is 13.2. The normalized spacial score (nSPS) is 21.0. The highest BCUT2D eigenvalue weighted by atomic mass is 16.6. The number of nitrogens with one attached hydrogen (secondary N) is 2. The predicted octanol–water partition coefficient (Wildman–Crippen LogP) is -0.724. The summed E-state index contributed by atoms with van der Waals surface area (Å²) in [5.41, 5.74) is -0.828. The molecule has 1 atom stereocenters. The molecule has 1 aromatic rings. The minimum atomic E-state index is -0.631. The van der Waals surface area contributed by atoms with Gasteiger partial charge in [0, 0.05) is 18.8 Å². The number of hydrogen-bond donors (Lipinski definition) is 3. The van der Waals surface area contributed by atoms with Gasteiger partial charge in [0.15, 0.2) is 11.4 Å². The van der Waals surface area contributed by atoms with Crippen molar-refractivity contribution in [2.45, 2.75) is 6.10 Å². The van der Waals surface area contributed by atoms with Gasteiger partial charge in [-0.25, -0.2) is 0 Å². The Morgan fingerprint density at radius 3 is 2.30 bits per heavy atom. The van der Waals surface area contributed by atoms with Gasteiger partial charge in [-0.3, -0.25) is 9.59 Å². The van der Waals surface area contributed by atoms with Crippen molar-refractivity contribution < 1.29 is 33.6 Å². The third-order valence-electron chi connectivity index (χ3n) is 3.65. The number of ether oxygens (including phenoxy) is 5. The van der Waals surface area contributed by atoms with Gasteiger partial charge in [0.2, 0.25) is 5.43 Å². The number of pyridine rings is 1. The number of rotatable bonds is 3. The molecule has 0 aliphatic carbocycles. The lowest BCUT2D eigenvalue weighted by Gasteiger charge is -2.19. The van der Waals surface area contributed by atoms with Crippen molar-refractivity contribution in [1.82, 2.24) is 10.3 Å². The molecule has 0 spiro atoms. The van der Waals surface area contributed by atoms with Gasteiger partial charge in [-0.15, -0.1) is 0 Å². The Hall–Kier alpha value is -1.98. The van der Waals surface area contributed by atoms with Crippen molar-refractivity contribution in [2.75, 3.05) is 66.0 Å². The number of aromatic hydroxyl groups is 1. The molecule has 0 saturated carbocycles. The molecule has 1 unspecified atom stereocenters. The molecule has 2 rings (SSSR count). The fourth-order valence-corrected chi connectivity index (χ4v) is 2.25. The smallest absolute Gasteiger partial charge is 0.271 e. The molecule has 1 aliphatic rings. The molecule has 0 aromatic carbocycles. The van der Waals surface area contributed by atoms with E-state index in [1.54, 1.807) is 0 Å². The number of amides is 1. The summed E-state index contributed by atoms with van der Waals surface area (Å²) in [5.74, 6) is -1.23. The van der Waals surface area contributed by atoms with Crippen LogP contribution in [0.2, 0.25) is 0 Å². The summed E-state index contributed by atoms with van der Waals surface area (Å²) in [5, 5.41) is 12.3. The quantitative estimate of drug-likeness (QED) is 0.621. The van der Waals surface area contributed by atoms with Crippen molar-refractivity contribution in [1.29, 1.82) is 0 Å². The topological polar surface area (TPSA) is 128 Å². The molecule has 0 bridgehead atoms. The zero-order chi connectivity index (χ0) is 19.3. The maximum atomic E-state index is 12.2. The van der Waals surface area contributed by atoms with Gasteiger partial charge < -0.3 is 39.1 Å². The van der Waals surface area contributed by atoms with Crippen LogP contribution in [0.4, 0.5) is 0 Å². The minimum Gasteiger partial charge on any atom is -0.503 e. The lowest BCUT2D eigenvalue weighted by atomic mass is 10.3. The van der Waals surface area contributed by atoms with Gasteiger partial charge >= 0.3 is 0 Å². The summed E-state index contributed by atoms with van der Waals surface area (Å²) in [4.78, 5) is 26.1. The second kappa shape index (κ2) is 12.4. The first-order valence-electron chi connectivity index (χ1n) is 8.80.